The van der Waals surface area contributed by atoms with Crippen molar-refractivity contribution < 1.29 is 4.74 Å². The average Bonchev–Trinajstić information content (AvgIpc) is 2.46. The van der Waals surface area contributed by atoms with E-state index in [9.17, 15) is 0 Å². The van der Waals surface area contributed by atoms with Crippen molar-refractivity contribution in [2.75, 3.05) is 11.9 Å². The number of rotatable bonds is 6. The highest BCUT2D eigenvalue weighted by Gasteiger charge is 2.11. The number of hydrogen-bond donors (Lipinski definition) is 1. The van der Waals surface area contributed by atoms with E-state index in [0.29, 0.717) is 12.5 Å². The first kappa shape index (κ1) is 13.3. The lowest BCUT2D eigenvalue weighted by Crippen LogP contribution is -2.12. The summed E-state index contributed by atoms with van der Waals surface area (Å²) in [7, 11) is 0. The molecule has 0 fully saturated rings. The molecule has 0 aliphatic heterocycles. The second-order valence-electron chi connectivity index (χ2n) is 4.03. The summed E-state index contributed by atoms with van der Waals surface area (Å²) in [5.74, 6) is 1.33. The fourth-order valence-corrected chi connectivity index (χ4v) is 1.79. The molecule has 1 atom stereocenters. The Balaban J connectivity index is 2.12. The molecule has 0 aromatic carbocycles. The molecule has 2 rings (SSSR count). The van der Waals surface area contributed by atoms with Crippen LogP contribution in [0.15, 0.2) is 36.8 Å². The third kappa shape index (κ3) is 3.64. The Bertz CT molecular complexity index is 504. The van der Waals surface area contributed by atoms with Gasteiger partial charge in [0.05, 0.1) is 18.3 Å². The zero-order chi connectivity index (χ0) is 13.5. The summed E-state index contributed by atoms with van der Waals surface area (Å²) in [6.07, 6.45) is 4.22. The summed E-state index contributed by atoms with van der Waals surface area (Å²) in [6.45, 7) is 4.63. The van der Waals surface area contributed by atoms with Crippen LogP contribution in [0.3, 0.4) is 0 Å². The van der Waals surface area contributed by atoms with Gasteiger partial charge in [0.1, 0.15) is 12.1 Å². The first-order valence-electron chi connectivity index (χ1n) is 6.45. The van der Waals surface area contributed by atoms with Gasteiger partial charge in [-0.15, -0.1) is 0 Å². The van der Waals surface area contributed by atoms with Crippen LogP contribution in [-0.2, 0) is 0 Å². The molecule has 0 spiro atoms. The number of pyridine rings is 1. The molecule has 19 heavy (non-hydrogen) atoms. The molecule has 5 nitrogen and oxygen atoms in total. The van der Waals surface area contributed by atoms with Crippen LogP contribution in [0.1, 0.15) is 32.0 Å². The maximum Gasteiger partial charge on any atom is 0.218 e. The van der Waals surface area contributed by atoms with E-state index in [1.165, 1.54) is 6.33 Å². The first-order chi connectivity index (χ1) is 9.33. The minimum Gasteiger partial charge on any atom is -0.478 e. The van der Waals surface area contributed by atoms with E-state index in [1.54, 1.807) is 12.3 Å². The van der Waals surface area contributed by atoms with Crippen LogP contribution in [-0.4, -0.2) is 21.6 Å². The molecule has 0 saturated heterocycles. The Morgan fingerprint density at radius 2 is 2.11 bits per heavy atom. The number of ether oxygens (including phenoxy) is 1. The molecule has 0 unspecified atom stereocenters. The monoisotopic (exact) mass is 258 g/mol. The predicted octanol–water partition coefficient (Wildman–Crippen LogP) is 2.83. The lowest BCUT2D eigenvalue weighted by atomic mass is 10.1. The number of nitrogens with one attached hydrogen (secondary N) is 1. The van der Waals surface area contributed by atoms with E-state index in [4.69, 9.17) is 4.74 Å². The van der Waals surface area contributed by atoms with Crippen LogP contribution in [0.25, 0.3) is 0 Å². The maximum atomic E-state index is 5.36. The van der Waals surface area contributed by atoms with Gasteiger partial charge in [0, 0.05) is 12.3 Å². The second-order valence-corrected chi connectivity index (χ2v) is 4.03. The molecule has 2 aromatic rings. The third-order valence-corrected chi connectivity index (χ3v) is 2.71. The van der Waals surface area contributed by atoms with Crippen LogP contribution >= 0.6 is 0 Å². The van der Waals surface area contributed by atoms with Gasteiger partial charge in [0.2, 0.25) is 5.88 Å². The molecule has 2 aromatic heterocycles. The van der Waals surface area contributed by atoms with Gasteiger partial charge in [-0.1, -0.05) is 13.0 Å². The van der Waals surface area contributed by atoms with Crippen molar-refractivity contribution in [1.29, 1.82) is 0 Å². The predicted molar refractivity (Wildman–Crippen MR) is 74.1 cm³/mol. The molecule has 0 amide bonds. The van der Waals surface area contributed by atoms with Gasteiger partial charge >= 0.3 is 0 Å². The van der Waals surface area contributed by atoms with Crippen molar-refractivity contribution >= 4 is 5.82 Å². The van der Waals surface area contributed by atoms with Gasteiger partial charge in [-0.2, -0.15) is 0 Å². The summed E-state index contributed by atoms with van der Waals surface area (Å²) in [5, 5.41) is 3.35. The molecule has 0 aliphatic rings. The lowest BCUT2D eigenvalue weighted by Gasteiger charge is -2.17. The zero-order valence-corrected chi connectivity index (χ0v) is 11.2. The number of nitrogens with zero attached hydrogens (tertiary/aromatic N) is 3. The molecule has 0 saturated carbocycles. The van der Waals surface area contributed by atoms with Crippen molar-refractivity contribution in [3.05, 3.63) is 42.5 Å². The fraction of sp³-hybridized carbons (Fsp3) is 0.357. The van der Waals surface area contributed by atoms with Gasteiger partial charge < -0.3 is 10.1 Å². The number of anilines is 1. The molecule has 100 valence electrons. The van der Waals surface area contributed by atoms with E-state index in [-0.39, 0.29) is 6.04 Å². The molecule has 1 N–H and O–H groups in total. The summed E-state index contributed by atoms with van der Waals surface area (Å²) in [4.78, 5) is 12.6. The fourth-order valence-electron chi connectivity index (χ4n) is 1.79. The molecule has 0 aliphatic carbocycles. The quantitative estimate of drug-likeness (QED) is 0.863. The molecule has 5 heteroatoms. The normalized spacial score (nSPS) is 11.9. The average molecular weight is 258 g/mol. The number of aromatic nitrogens is 3. The minimum absolute atomic E-state index is 0.130. The summed E-state index contributed by atoms with van der Waals surface area (Å²) >= 11 is 0. The minimum atomic E-state index is 0.130. The highest BCUT2D eigenvalue weighted by atomic mass is 16.5. The van der Waals surface area contributed by atoms with Crippen LogP contribution in [0, 0.1) is 0 Å². The SMILES string of the molecule is CCOc1cc(N[C@@H](CC)c2ccccn2)ncn1. The standard InChI is InChI=1S/C14H18N4O/c1-3-11(12-7-5-6-8-15-12)18-13-9-14(19-4-2)17-10-16-13/h5-11H,3-4H2,1-2H3,(H,16,17,18)/t11-/m0/s1. The highest BCUT2D eigenvalue weighted by molar-refractivity contribution is 5.39. The molecule has 0 bridgehead atoms. The van der Waals surface area contributed by atoms with Crippen molar-refractivity contribution in [2.45, 2.75) is 26.3 Å². The van der Waals surface area contributed by atoms with Crippen LogP contribution < -0.4 is 10.1 Å². The summed E-state index contributed by atoms with van der Waals surface area (Å²) in [6, 6.07) is 7.83. The van der Waals surface area contributed by atoms with E-state index >= 15 is 0 Å². The van der Waals surface area contributed by atoms with E-state index in [1.807, 2.05) is 25.1 Å². The lowest BCUT2D eigenvalue weighted by molar-refractivity contribution is 0.326. The van der Waals surface area contributed by atoms with Gasteiger partial charge in [-0.25, -0.2) is 9.97 Å². The Morgan fingerprint density at radius 3 is 2.79 bits per heavy atom. The van der Waals surface area contributed by atoms with Crippen LogP contribution in [0.4, 0.5) is 5.82 Å². The third-order valence-electron chi connectivity index (χ3n) is 2.71. The largest absolute Gasteiger partial charge is 0.478 e. The number of hydrogen-bond acceptors (Lipinski definition) is 5. The highest BCUT2D eigenvalue weighted by Crippen LogP contribution is 2.20. The van der Waals surface area contributed by atoms with E-state index < -0.39 is 0 Å². The van der Waals surface area contributed by atoms with Crippen molar-refractivity contribution in [3.8, 4) is 5.88 Å². The Morgan fingerprint density at radius 1 is 1.21 bits per heavy atom. The van der Waals surface area contributed by atoms with Crippen LogP contribution in [0.5, 0.6) is 5.88 Å². The molecular weight excluding hydrogens is 240 g/mol. The molecule has 0 radical (unpaired) electrons. The van der Waals surface area contributed by atoms with Crippen molar-refractivity contribution in [3.63, 3.8) is 0 Å². The summed E-state index contributed by atoms with van der Waals surface area (Å²) < 4.78 is 5.36. The Labute approximate surface area is 113 Å². The Hall–Kier alpha value is -2.17. The maximum absolute atomic E-state index is 5.36. The van der Waals surface area contributed by atoms with Gasteiger partial charge in [0.15, 0.2) is 0 Å². The topological polar surface area (TPSA) is 59.9 Å². The van der Waals surface area contributed by atoms with Gasteiger partial charge in [-0.05, 0) is 25.5 Å². The van der Waals surface area contributed by atoms with Crippen molar-refractivity contribution in [1.82, 2.24) is 15.0 Å². The van der Waals surface area contributed by atoms with E-state index in [0.717, 1.165) is 17.9 Å². The summed E-state index contributed by atoms with van der Waals surface area (Å²) in [5.41, 5.74) is 1.00. The first-order valence-corrected chi connectivity index (χ1v) is 6.45. The van der Waals surface area contributed by atoms with Gasteiger partial charge in [-0.3, -0.25) is 4.98 Å². The smallest absolute Gasteiger partial charge is 0.218 e. The zero-order valence-electron chi connectivity index (χ0n) is 11.2. The Kier molecular flexibility index (Phi) is 4.66. The van der Waals surface area contributed by atoms with Crippen LogP contribution in [0.2, 0.25) is 0 Å². The second kappa shape index (κ2) is 6.68. The molecular formula is C14H18N4O. The molecule has 2 heterocycles. The van der Waals surface area contributed by atoms with Gasteiger partial charge in [0.25, 0.3) is 0 Å². The van der Waals surface area contributed by atoms with E-state index in [2.05, 4.69) is 27.2 Å². The van der Waals surface area contributed by atoms with Crippen molar-refractivity contribution in [2.24, 2.45) is 0 Å².